The van der Waals surface area contributed by atoms with Crippen LogP contribution >= 0.6 is 0 Å². The maximum atomic E-state index is 4.90. The van der Waals surface area contributed by atoms with Crippen LogP contribution in [0.25, 0.3) is 0 Å². The van der Waals surface area contributed by atoms with Crippen LogP contribution in [0.3, 0.4) is 0 Å². The summed E-state index contributed by atoms with van der Waals surface area (Å²) in [6.07, 6.45) is 9.08. The molecule has 1 aliphatic carbocycles. The third-order valence-electron chi connectivity index (χ3n) is 2.79. The largest absolute Gasteiger partial charge is 0.399 e. The van der Waals surface area contributed by atoms with Crippen LogP contribution in [0.2, 0.25) is 0 Å². The molecule has 1 rings (SSSR count). The fourth-order valence-corrected chi connectivity index (χ4v) is 2.13. The lowest BCUT2D eigenvalue weighted by Gasteiger charge is -2.22. The summed E-state index contributed by atoms with van der Waals surface area (Å²) in [6, 6.07) is 0. The van der Waals surface area contributed by atoms with Crippen molar-refractivity contribution in [2.24, 2.45) is 11.1 Å². The van der Waals surface area contributed by atoms with E-state index in [4.69, 9.17) is 4.84 Å². The van der Waals surface area contributed by atoms with Gasteiger partial charge in [-0.1, -0.05) is 37.8 Å². The van der Waals surface area contributed by atoms with Crippen LogP contribution in [0.1, 0.15) is 51.9 Å². The molecule has 0 aromatic carbocycles. The molecule has 0 spiro atoms. The molecular weight excluding hydrogens is 162 g/mol. The van der Waals surface area contributed by atoms with Gasteiger partial charge in [-0.3, -0.25) is 0 Å². The van der Waals surface area contributed by atoms with Crippen molar-refractivity contribution < 1.29 is 4.84 Å². The third kappa shape index (κ3) is 3.37. The maximum absolute atomic E-state index is 4.90. The van der Waals surface area contributed by atoms with Gasteiger partial charge in [-0.2, -0.15) is 0 Å². The normalized spacial score (nSPS) is 20.3. The zero-order chi connectivity index (χ0) is 9.52. The highest BCUT2D eigenvalue weighted by Crippen LogP contribution is 2.26. The Labute approximate surface area is 81.3 Å². The van der Waals surface area contributed by atoms with E-state index in [1.807, 2.05) is 0 Å². The van der Waals surface area contributed by atoms with Crippen molar-refractivity contribution in [3.05, 3.63) is 0 Å². The van der Waals surface area contributed by atoms with Gasteiger partial charge < -0.3 is 4.84 Å². The average Bonchev–Trinajstić information content (AvgIpc) is 2.19. The van der Waals surface area contributed by atoms with Gasteiger partial charge in [0.25, 0.3) is 0 Å². The zero-order valence-corrected chi connectivity index (χ0v) is 8.88. The summed E-state index contributed by atoms with van der Waals surface area (Å²) >= 11 is 0. The second-order valence-electron chi connectivity index (χ2n) is 3.85. The standard InChI is InChI=1S/C11H21NO/c1-3-7-11(12-13-2)10-8-5-4-6-9-10/h10H,3-9H2,1-2H3/b12-11+. The summed E-state index contributed by atoms with van der Waals surface area (Å²) in [5.74, 6) is 0.716. The quantitative estimate of drug-likeness (QED) is 0.483. The SMILES string of the molecule is CCC/C(=N\OC)C1CCCCC1. The minimum Gasteiger partial charge on any atom is -0.399 e. The monoisotopic (exact) mass is 183 g/mol. The molecular formula is C11H21NO. The second kappa shape index (κ2) is 6.01. The predicted octanol–water partition coefficient (Wildman–Crippen LogP) is 3.37. The third-order valence-corrected chi connectivity index (χ3v) is 2.79. The summed E-state index contributed by atoms with van der Waals surface area (Å²) in [5.41, 5.74) is 1.30. The van der Waals surface area contributed by atoms with E-state index < -0.39 is 0 Å². The van der Waals surface area contributed by atoms with Gasteiger partial charge in [-0.15, -0.1) is 0 Å². The Morgan fingerprint density at radius 3 is 2.54 bits per heavy atom. The molecule has 0 heterocycles. The maximum Gasteiger partial charge on any atom is 0.106 e. The van der Waals surface area contributed by atoms with E-state index in [9.17, 15) is 0 Å². The fraction of sp³-hybridized carbons (Fsp3) is 0.909. The Bertz CT molecular complexity index is 159. The smallest absolute Gasteiger partial charge is 0.106 e. The average molecular weight is 183 g/mol. The predicted molar refractivity (Wildman–Crippen MR) is 55.9 cm³/mol. The van der Waals surface area contributed by atoms with E-state index in [0.717, 1.165) is 6.42 Å². The first-order chi connectivity index (χ1) is 6.38. The van der Waals surface area contributed by atoms with Crippen molar-refractivity contribution in [2.75, 3.05) is 7.11 Å². The molecule has 1 fully saturated rings. The van der Waals surface area contributed by atoms with Gasteiger partial charge in [-0.05, 0) is 19.3 Å². The van der Waals surface area contributed by atoms with E-state index in [1.54, 1.807) is 7.11 Å². The fourth-order valence-electron chi connectivity index (χ4n) is 2.13. The number of hydrogen-bond acceptors (Lipinski definition) is 2. The number of oxime groups is 1. The first-order valence-corrected chi connectivity index (χ1v) is 5.48. The highest BCUT2D eigenvalue weighted by atomic mass is 16.6. The van der Waals surface area contributed by atoms with Crippen LogP contribution in [0.4, 0.5) is 0 Å². The van der Waals surface area contributed by atoms with Crippen LogP contribution in [-0.4, -0.2) is 12.8 Å². The topological polar surface area (TPSA) is 21.6 Å². The van der Waals surface area contributed by atoms with E-state index >= 15 is 0 Å². The van der Waals surface area contributed by atoms with Crippen molar-refractivity contribution in [1.29, 1.82) is 0 Å². The summed E-state index contributed by atoms with van der Waals surface area (Å²) in [5, 5.41) is 4.15. The highest BCUT2D eigenvalue weighted by Gasteiger charge is 2.18. The van der Waals surface area contributed by atoms with Crippen molar-refractivity contribution in [1.82, 2.24) is 0 Å². The summed E-state index contributed by atoms with van der Waals surface area (Å²) < 4.78 is 0. The minimum absolute atomic E-state index is 0.716. The molecule has 0 radical (unpaired) electrons. The molecule has 0 atom stereocenters. The summed E-state index contributed by atoms with van der Waals surface area (Å²) in [6.45, 7) is 2.20. The van der Waals surface area contributed by atoms with Gasteiger partial charge >= 0.3 is 0 Å². The van der Waals surface area contributed by atoms with Crippen molar-refractivity contribution >= 4 is 5.71 Å². The van der Waals surface area contributed by atoms with Crippen LogP contribution in [0.5, 0.6) is 0 Å². The van der Waals surface area contributed by atoms with Gasteiger partial charge in [0, 0.05) is 5.92 Å². The molecule has 0 bridgehead atoms. The van der Waals surface area contributed by atoms with Crippen LogP contribution < -0.4 is 0 Å². The van der Waals surface area contributed by atoms with Gasteiger partial charge in [0.05, 0.1) is 5.71 Å². The molecule has 1 saturated carbocycles. The summed E-state index contributed by atoms with van der Waals surface area (Å²) in [7, 11) is 1.65. The molecule has 0 aliphatic heterocycles. The minimum atomic E-state index is 0.716. The van der Waals surface area contributed by atoms with Gasteiger partial charge in [0.2, 0.25) is 0 Å². The second-order valence-corrected chi connectivity index (χ2v) is 3.85. The van der Waals surface area contributed by atoms with Crippen LogP contribution in [0.15, 0.2) is 5.16 Å². The Hall–Kier alpha value is -0.530. The van der Waals surface area contributed by atoms with Crippen molar-refractivity contribution in [3.63, 3.8) is 0 Å². The lowest BCUT2D eigenvalue weighted by Crippen LogP contribution is -2.17. The molecule has 0 saturated heterocycles. The number of rotatable bonds is 4. The summed E-state index contributed by atoms with van der Waals surface area (Å²) in [4.78, 5) is 4.90. The molecule has 1 aliphatic rings. The molecule has 76 valence electrons. The molecule has 0 unspecified atom stereocenters. The van der Waals surface area contributed by atoms with Crippen LogP contribution in [-0.2, 0) is 4.84 Å². The number of hydrogen-bond donors (Lipinski definition) is 0. The highest BCUT2D eigenvalue weighted by molar-refractivity contribution is 5.86. The molecule has 13 heavy (non-hydrogen) atoms. The van der Waals surface area contributed by atoms with Crippen LogP contribution in [0, 0.1) is 5.92 Å². The molecule has 2 heteroatoms. The molecule has 0 aromatic heterocycles. The van der Waals surface area contributed by atoms with Crippen molar-refractivity contribution in [2.45, 2.75) is 51.9 Å². The Balaban J connectivity index is 2.46. The molecule has 0 N–H and O–H groups in total. The van der Waals surface area contributed by atoms with Gasteiger partial charge in [-0.25, -0.2) is 0 Å². The molecule has 0 amide bonds. The molecule has 2 nitrogen and oxygen atoms in total. The van der Waals surface area contributed by atoms with Gasteiger partial charge in [0.15, 0.2) is 0 Å². The van der Waals surface area contributed by atoms with E-state index in [-0.39, 0.29) is 0 Å². The van der Waals surface area contributed by atoms with E-state index in [2.05, 4.69) is 12.1 Å². The van der Waals surface area contributed by atoms with E-state index in [0.29, 0.717) is 5.92 Å². The Kier molecular flexibility index (Phi) is 4.87. The first-order valence-electron chi connectivity index (χ1n) is 5.48. The van der Waals surface area contributed by atoms with Crippen molar-refractivity contribution in [3.8, 4) is 0 Å². The first kappa shape index (κ1) is 10.6. The van der Waals surface area contributed by atoms with E-state index in [1.165, 1.54) is 44.2 Å². The zero-order valence-electron chi connectivity index (χ0n) is 8.88. The Morgan fingerprint density at radius 2 is 2.00 bits per heavy atom. The lowest BCUT2D eigenvalue weighted by atomic mass is 9.84. The Morgan fingerprint density at radius 1 is 1.31 bits per heavy atom. The van der Waals surface area contributed by atoms with Gasteiger partial charge in [0.1, 0.15) is 7.11 Å². The lowest BCUT2D eigenvalue weighted by molar-refractivity contribution is 0.208. The number of nitrogens with zero attached hydrogens (tertiary/aromatic N) is 1. The molecule has 0 aromatic rings.